The van der Waals surface area contributed by atoms with Gasteiger partial charge in [0.05, 0.1) is 16.1 Å². The van der Waals surface area contributed by atoms with Gasteiger partial charge < -0.3 is 4.42 Å². The molecule has 4 rings (SSSR count). The molecule has 1 fully saturated rings. The van der Waals surface area contributed by atoms with Crippen molar-refractivity contribution in [2.24, 2.45) is 0 Å². The molecular weight excluding hydrogens is 416 g/mol. The summed E-state index contributed by atoms with van der Waals surface area (Å²) in [5.41, 5.74) is 0.258. The second-order valence-corrected chi connectivity index (χ2v) is 9.72. The van der Waals surface area contributed by atoms with Crippen LogP contribution in [0.4, 0.5) is 5.69 Å². The lowest BCUT2D eigenvalue weighted by molar-refractivity contribution is -0.385. The van der Waals surface area contributed by atoms with E-state index in [1.807, 2.05) is 6.07 Å². The van der Waals surface area contributed by atoms with E-state index in [0.717, 1.165) is 11.1 Å². The summed E-state index contributed by atoms with van der Waals surface area (Å²) >= 11 is 1.45. The molecule has 0 unspecified atom stereocenters. The summed E-state index contributed by atoms with van der Waals surface area (Å²) in [6.45, 7) is 2.29. The number of benzene rings is 1. The molecule has 0 amide bonds. The monoisotopic (exact) mass is 434 g/mol. The zero-order valence-corrected chi connectivity index (χ0v) is 17.1. The Kier molecular flexibility index (Phi) is 5.19. The third kappa shape index (κ3) is 3.80. The van der Waals surface area contributed by atoms with Crippen LogP contribution in [0.1, 0.15) is 29.3 Å². The molecule has 0 atom stereocenters. The minimum Gasteiger partial charge on any atom is -0.462 e. The van der Waals surface area contributed by atoms with Crippen molar-refractivity contribution in [2.45, 2.75) is 30.6 Å². The Hall–Kier alpha value is -2.63. The largest absolute Gasteiger partial charge is 0.462 e. The minimum absolute atomic E-state index is 0.0128. The molecule has 1 aliphatic heterocycles. The Morgan fingerprint density at radius 3 is 2.66 bits per heavy atom. The molecule has 3 aromatic rings. The average Bonchev–Trinajstić information content (AvgIpc) is 3.40. The van der Waals surface area contributed by atoms with Gasteiger partial charge in [-0.3, -0.25) is 10.1 Å². The summed E-state index contributed by atoms with van der Waals surface area (Å²) in [6, 6.07) is 7.52. The number of sulfonamides is 1. The fraction of sp³-hybridized carbons (Fsp3) is 0.333. The molecule has 0 saturated carbocycles. The van der Waals surface area contributed by atoms with Crippen LogP contribution in [-0.4, -0.2) is 40.9 Å². The van der Waals surface area contributed by atoms with Crippen molar-refractivity contribution in [3.8, 4) is 10.8 Å². The van der Waals surface area contributed by atoms with Crippen LogP contribution in [-0.2, 0) is 10.0 Å². The second-order valence-electron chi connectivity index (χ2n) is 6.81. The van der Waals surface area contributed by atoms with Gasteiger partial charge in [0, 0.05) is 31.1 Å². The number of nitrogens with zero attached hydrogens (tertiary/aromatic N) is 4. The lowest BCUT2D eigenvalue weighted by Crippen LogP contribution is -2.38. The van der Waals surface area contributed by atoms with Gasteiger partial charge in [0.2, 0.25) is 10.0 Å². The van der Waals surface area contributed by atoms with E-state index in [-0.39, 0.29) is 16.5 Å². The Balaban J connectivity index is 1.49. The topological polar surface area (TPSA) is 119 Å². The predicted octanol–water partition coefficient (Wildman–Crippen LogP) is 3.58. The molecule has 1 aliphatic rings. The van der Waals surface area contributed by atoms with E-state index in [1.54, 1.807) is 19.3 Å². The molecule has 29 heavy (non-hydrogen) atoms. The third-order valence-corrected chi connectivity index (χ3v) is 8.12. The summed E-state index contributed by atoms with van der Waals surface area (Å²) in [5, 5.41) is 21.0. The first-order valence-corrected chi connectivity index (χ1v) is 11.2. The number of hydrogen-bond acceptors (Lipinski definition) is 8. The van der Waals surface area contributed by atoms with Gasteiger partial charge in [0.1, 0.15) is 5.01 Å². The first-order valence-electron chi connectivity index (χ1n) is 8.99. The number of nitro benzene ring substituents is 1. The Labute approximate surface area is 171 Å². The summed E-state index contributed by atoms with van der Waals surface area (Å²) in [6.07, 6.45) is 2.80. The van der Waals surface area contributed by atoms with Crippen molar-refractivity contribution in [1.82, 2.24) is 14.5 Å². The maximum absolute atomic E-state index is 13.1. The summed E-state index contributed by atoms with van der Waals surface area (Å²) in [4.78, 5) is 10.4. The van der Waals surface area contributed by atoms with Crippen LogP contribution in [0.15, 0.2) is 45.9 Å². The number of nitro groups is 1. The first-order chi connectivity index (χ1) is 13.9. The number of aromatic nitrogens is 2. The van der Waals surface area contributed by atoms with Gasteiger partial charge >= 0.3 is 0 Å². The number of rotatable bonds is 5. The van der Waals surface area contributed by atoms with Crippen LogP contribution in [0.5, 0.6) is 0 Å². The Bertz CT molecular complexity index is 1130. The summed E-state index contributed by atoms with van der Waals surface area (Å²) in [5.74, 6) is 0.781. The Morgan fingerprint density at radius 1 is 1.24 bits per heavy atom. The summed E-state index contributed by atoms with van der Waals surface area (Å²) in [7, 11) is -3.80. The highest BCUT2D eigenvalue weighted by atomic mass is 32.2. The zero-order valence-electron chi connectivity index (χ0n) is 15.5. The number of hydrogen-bond donors (Lipinski definition) is 0. The average molecular weight is 434 g/mol. The van der Waals surface area contributed by atoms with E-state index in [4.69, 9.17) is 4.42 Å². The smallest absolute Gasteiger partial charge is 0.270 e. The van der Waals surface area contributed by atoms with Gasteiger partial charge in [-0.1, -0.05) is 17.4 Å². The molecule has 0 N–H and O–H groups in total. The van der Waals surface area contributed by atoms with E-state index in [0.29, 0.717) is 42.3 Å². The molecular formula is C18H18N4O5S2. The standard InChI is InChI=1S/C18H18N4O5S2/c1-12-4-5-14(22(23)24)11-16(12)29(25,26)21-8-6-13(7-9-21)17-19-20-18(28-17)15-3-2-10-27-15/h2-5,10-11,13H,6-9H2,1H3. The van der Waals surface area contributed by atoms with E-state index >= 15 is 0 Å². The molecule has 0 spiro atoms. The highest BCUT2D eigenvalue weighted by Gasteiger charge is 2.33. The van der Waals surface area contributed by atoms with Gasteiger partial charge in [-0.2, -0.15) is 4.31 Å². The normalized spacial score (nSPS) is 16.2. The van der Waals surface area contributed by atoms with E-state index < -0.39 is 14.9 Å². The highest BCUT2D eigenvalue weighted by molar-refractivity contribution is 7.89. The van der Waals surface area contributed by atoms with Crippen molar-refractivity contribution in [3.63, 3.8) is 0 Å². The van der Waals surface area contributed by atoms with E-state index in [2.05, 4.69) is 10.2 Å². The molecule has 1 aromatic carbocycles. The van der Waals surface area contributed by atoms with Gasteiger partial charge in [-0.25, -0.2) is 8.42 Å². The van der Waals surface area contributed by atoms with Crippen LogP contribution in [0.2, 0.25) is 0 Å². The molecule has 0 bridgehead atoms. The Morgan fingerprint density at radius 2 is 2.00 bits per heavy atom. The van der Waals surface area contributed by atoms with E-state index in [1.165, 1.54) is 27.8 Å². The molecule has 1 saturated heterocycles. The second kappa shape index (κ2) is 7.65. The first kappa shape index (κ1) is 19.7. The lowest BCUT2D eigenvalue weighted by Gasteiger charge is -2.30. The van der Waals surface area contributed by atoms with Gasteiger partial charge in [-0.15, -0.1) is 10.2 Å². The maximum Gasteiger partial charge on any atom is 0.270 e. The molecule has 11 heteroatoms. The molecule has 2 aromatic heterocycles. The summed E-state index contributed by atoms with van der Waals surface area (Å²) < 4.78 is 32.8. The lowest BCUT2D eigenvalue weighted by atomic mass is 9.99. The predicted molar refractivity (Wildman–Crippen MR) is 106 cm³/mol. The van der Waals surface area contributed by atoms with Crippen molar-refractivity contribution in [1.29, 1.82) is 0 Å². The van der Waals surface area contributed by atoms with Gasteiger partial charge in [0.25, 0.3) is 5.69 Å². The van der Waals surface area contributed by atoms with Crippen LogP contribution >= 0.6 is 11.3 Å². The van der Waals surface area contributed by atoms with Crippen molar-refractivity contribution in [3.05, 3.63) is 57.3 Å². The minimum atomic E-state index is -3.80. The fourth-order valence-corrected chi connectivity index (χ4v) is 6.06. The molecule has 152 valence electrons. The van der Waals surface area contributed by atoms with Crippen LogP contribution in [0.25, 0.3) is 10.8 Å². The zero-order chi connectivity index (χ0) is 20.6. The van der Waals surface area contributed by atoms with Gasteiger partial charge in [0.15, 0.2) is 10.8 Å². The van der Waals surface area contributed by atoms with Crippen LogP contribution < -0.4 is 0 Å². The van der Waals surface area contributed by atoms with Crippen LogP contribution in [0, 0.1) is 17.0 Å². The fourth-order valence-electron chi connectivity index (χ4n) is 3.36. The SMILES string of the molecule is Cc1ccc([N+](=O)[O-])cc1S(=O)(=O)N1CCC(c2nnc(-c3ccco3)s2)CC1. The highest BCUT2D eigenvalue weighted by Crippen LogP contribution is 2.35. The number of non-ortho nitro benzene ring substituents is 1. The quantitative estimate of drug-likeness (QED) is 0.444. The van der Waals surface area contributed by atoms with Crippen LogP contribution in [0.3, 0.4) is 0 Å². The molecule has 0 radical (unpaired) electrons. The van der Waals surface area contributed by atoms with Crippen molar-refractivity contribution >= 4 is 27.0 Å². The maximum atomic E-state index is 13.1. The van der Waals surface area contributed by atoms with Gasteiger partial charge in [-0.05, 0) is 37.5 Å². The van der Waals surface area contributed by atoms with E-state index in [9.17, 15) is 18.5 Å². The number of furan rings is 1. The molecule has 9 nitrogen and oxygen atoms in total. The van der Waals surface area contributed by atoms with Crippen molar-refractivity contribution in [2.75, 3.05) is 13.1 Å². The van der Waals surface area contributed by atoms with Crippen molar-refractivity contribution < 1.29 is 17.8 Å². The number of aryl methyl sites for hydroxylation is 1. The third-order valence-electron chi connectivity index (χ3n) is 4.98. The molecule has 0 aliphatic carbocycles. The number of piperidine rings is 1. The molecule has 3 heterocycles.